The van der Waals surface area contributed by atoms with E-state index in [4.69, 9.17) is 4.74 Å². The maximum absolute atomic E-state index is 11.9. The molecule has 0 bridgehead atoms. The molecule has 1 fully saturated rings. The molecule has 0 spiro atoms. The zero-order chi connectivity index (χ0) is 14.1. The van der Waals surface area contributed by atoms with Crippen LogP contribution in [0, 0.1) is 5.92 Å². The van der Waals surface area contributed by atoms with Crippen LogP contribution in [-0.4, -0.2) is 38.2 Å². The predicted octanol–water partition coefficient (Wildman–Crippen LogP) is 1.65. The molecule has 2 atom stereocenters. The lowest BCUT2D eigenvalue weighted by Gasteiger charge is -2.16. The average Bonchev–Trinajstić information content (AvgIpc) is 2.90. The third-order valence-electron chi connectivity index (χ3n) is 3.53. The van der Waals surface area contributed by atoms with Crippen molar-refractivity contribution in [3.63, 3.8) is 0 Å². The molecule has 1 N–H and O–H groups in total. The van der Waals surface area contributed by atoms with Gasteiger partial charge < -0.3 is 14.8 Å². The first kappa shape index (κ1) is 16.0. The van der Waals surface area contributed by atoms with Crippen LogP contribution in [-0.2, 0) is 19.1 Å². The molecule has 0 radical (unpaired) electrons. The summed E-state index contributed by atoms with van der Waals surface area (Å²) in [5.74, 6) is -0.0460. The average molecular weight is 271 g/mol. The van der Waals surface area contributed by atoms with Crippen LogP contribution in [0.2, 0.25) is 0 Å². The number of carbonyl (C=O) groups is 2. The van der Waals surface area contributed by atoms with Crippen molar-refractivity contribution in [2.45, 2.75) is 51.6 Å². The van der Waals surface area contributed by atoms with E-state index in [-0.39, 0.29) is 23.9 Å². The molecule has 110 valence electrons. The van der Waals surface area contributed by atoms with Gasteiger partial charge in [0.15, 0.2) is 0 Å². The van der Waals surface area contributed by atoms with Gasteiger partial charge in [0.2, 0.25) is 5.91 Å². The first-order valence-corrected chi connectivity index (χ1v) is 7.15. The van der Waals surface area contributed by atoms with Gasteiger partial charge in [-0.25, -0.2) is 0 Å². The number of unbranched alkanes of at least 4 members (excludes halogenated alkanes) is 2. The molecular formula is C14H25NO4. The maximum atomic E-state index is 11.9. The lowest BCUT2D eigenvalue weighted by Crippen LogP contribution is -2.35. The standard InChI is InChI=1S/C14H25NO4/c1-3-12-11(8-10-19-12)14(17)15-9-6-4-5-7-13(16)18-2/h11-12H,3-10H2,1-2H3,(H,15,17). The Hall–Kier alpha value is -1.10. The Balaban J connectivity index is 2.06. The number of esters is 1. The van der Waals surface area contributed by atoms with Crippen molar-refractivity contribution in [3.8, 4) is 0 Å². The predicted molar refractivity (Wildman–Crippen MR) is 71.6 cm³/mol. The molecule has 1 aliphatic rings. The summed E-state index contributed by atoms with van der Waals surface area (Å²) in [6, 6.07) is 0. The lowest BCUT2D eigenvalue weighted by atomic mass is 9.98. The smallest absolute Gasteiger partial charge is 0.305 e. The van der Waals surface area contributed by atoms with Crippen LogP contribution < -0.4 is 5.32 Å². The molecule has 0 aromatic heterocycles. The van der Waals surface area contributed by atoms with E-state index in [1.165, 1.54) is 7.11 Å². The summed E-state index contributed by atoms with van der Waals surface area (Å²) in [7, 11) is 1.40. The number of nitrogens with one attached hydrogen (secondary N) is 1. The van der Waals surface area contributed by atoms with E-state index in [9.17, 15) is 9.59 Å². The van der Waals surface area contributed by atoms with E-state index < -0.39 is 0 Å². The Morgan fingerprint density at radius 3 is 2.79 bits per heavy atom. The molecule has 1 heterocycles. The molecule has 1 aliphatic heterocycles. The first-order valence-electron chi connectivity index (χ1n) is 7.15. The van der Waals surface area contributed by atoms with Crippen LogP contribution in [0.5, 0.6) is 0 Å². The van der Waals surface area contributed by atoms with Crippen LogP contribution in [0.3, 0.4) is 0 Å². The van der Waals surface area contributed by atoms with Crippen molar-refractivity contribution in [2.75, 3.05) is 20.3 Å². The van der Waals surface area contributed by atoms with Gasteiger partial charge in [0.05, 0.1) is 19.1 Å². The number of ether oxygens (including phenoxy) is 2. The topological polar surface area (TPSA) is 64.6 Å². The summed E-state index contributed by atoms with van der Waals surface area (Å²) in [6.45, 7) is 3.41. The van der Waals surface area contributed by atoms with E-state index in [0.717, 1.165) is 32.1 Å². The van der Waals surface area contributed by atoms with Gasteiger partial charge in [-0.1, -0.05) is 13.3 Å². The minimum atomic E-state index is -0.169. The third-order valence-corrected chi connectivity index (χ3v) is 3.53. The van der Waals surface area contributed by atoms with Crippen molar-refractivity contribution >= 4 is 11.9 Å². The Labute approximate surface area is 115 Å². The largest absolute Gasteiger partial charge is 0.469 e. The van der Waals surface area contributed by atoms with Crippen LogP contribution in [0.4, 0.5) is 0 Å². The Morgan fingerprint density at radius 2 is 2.11 bits per heavy atom. The van der Waals surface area contributed by atoms with Crippen molar-refractivity contribution in [1.82, 2.24) is 5.32 Å². The van der Waals surface area contributed by atoms with E-state index in [1.54, 1.807) is 0 Å². The minimum Gasteiger partial charge on any atom is -0.469 e. The van der Waals surface area contributed by atoms with Gasteiger partial charge in [-0.05, 0) is 25.7 Å². The Bertz CT molecular complexity index is 293. The normalized spacial score (nSPS) is 22.2. The Kier molecular flexibility index (Phi) is 7.48. The summed E-state index contributed by atoms with van der Waals surface area (Å²) in [6.07, 6.45) is 4.88. The molecular weight excluding hydrogens is 246 g/mol. The summed E-state index contributed by atoms with van der Waals surface area (Å²) in [4.78, 5) is 22.8. The fourth-order valence-corrected chi connectivity index (χ4v) is 2.37. The quantitative estimate of drug-likeness (QED) is 0.538. The van der Waals surface area contributed by atoms with Crippen molar-refractivity contribution in [2.24, 2.45) is 5.92 Å². The molecule has 0 aromatic rings. The highest BCUT2D eigenvalue weighted by atomic mass is 16.5. The number of amides is 1. The van der Waals surface area contributed by atoms with Gasteiger partial charge in [-0.15, -0.1) is 0 Å². The van der Waals surface area contributed by atoms with Gasteiger partial charge in [-0.3, -0.25) is 9.59 Å². The maximum Gasteiger partial charge on any atom is 0.305 e. The molecule has 0 aliphatic carbocycles. The highest BCUT2D eigenvalue weighted by molar-refractivity contribution is 5.79. The van der Waals surface area contributed by atoms with Crippen LogP contribution in [0.15, 0.2) is 0 Å². The first-order chi connectivity index (χ1) is 9.19. The highest BCUT2D eigenvalue weighted by Gasteiger charge is 2.32. The number of hydrogen-bond donors (Lipinski definition) is 1. The van der Waals surface area contributed by atoms with Gasteiger partial charge >= 0.3 is 5.97 Å². The molecule has 0 saturated carbocycles. The van der Waals surface area contributed by atoms with E-state index in [0.29, 0.717) is 19.6 Å². The van der Waals surface area contributed by atoms with Crippen molar-refractivity contribution < 1.29 is 19.1 Å². The van der Waals surface area contributed by atoms with E-state index in [1.807, 2.05) is 6.92 Å². The van der Waals surface area contributed by atoms with Crippen LogP contribution >= 0.6 is 0 Å². The SMILES string of the molecule is CCC1OCCC1C(=O)NCCCCCC(=O)OC. The third kappa shape index (κ3) is 5.59. The van der Waals surface area contributed by atoms with Crippen molar-refractivity contribution in [1.29, 1.82) is 0 Å². The van der Waals surface area contributed by atoms with E-state index >= 15 is 0 Å². The van der Waals surface area contributed by atoms with Crippen LogP contribution in [0.1, 0.15) is 45.4 Å². The summed E-state index contributed by atoms with van der Waals surface area (Å²) in [5.41, 5.74) is 0. The van der Waals surface area contributed by atoms with Crippen molar-refractivity contribution in [3.05, 3.63) is 0 Å². The number of rotatable bonds is 8. The van der Waals surface area contributed by atoms with E-state index in [2.05, 4.69) is 10.1 Å². The van der Waals surface area contributed by atoms with Gasteiger partial charge in [0, 0.05) is 19.6 Å². The number of methoxy groups -OCH3 is 1. The second kappa shape index (κ2) is 8.91. The zero-order valence-corrected chi connectivity index (χ0v) is 11.9. The highest BCUT2D eigenvalue weighted by Crippen LogP contribution is 2.23. The molecule has 1 rings (SSSR count). The fourth-order valence-electron chi connectivity index (χ4n) is 2.37. The monoisotopic (exact) mass is 271 g/mol. The lowest BCUT2D eigenvalue weighted by molar-refractivity contribution is -0.140. The molecule has 1 saturated heterocycles. The number of carbonyl (C=O) groups excluding carboxylic acids is 2. The molecule has 5 heteroatoms. The summed E-state index contributed by atoms with van der Waals surface area (Å²) < 4.78 is 10.1. The molecule has 1 amide bonds. The Morgan fingerprint density at radius 1 is 1.32 bits per heavy atom. The molecule has 19 heavy (non-hydrogen) atoms. The van der Waals surface area contributed by atoms with Gasteiger partial charge in [0.1, 0.15) is 0 Å². The minimum absolute atomic E-state index is 0.0140. The second-order valence-corrected chi connectivity index (χ2v) is 4.89. The molecule has 2 unspecified atom stereocenters. The summed E-state index contributed by atoms with van der Waals surface area (Å²) in [5, 5.41) is 2.96. The zero-order valence-electron chi connectivity index (χ0n) is 11.9. The summed E-state index contributed by atoms with van der Waals surface area (Å²) >= 11 is 0. The number of hydrogen-bond acceptors (Lipinski definition) is 4. The van der Waals surface area contributed by atoms with Gasteiger partial charge in [-0.2, -0.15) is 0 Å². The van der Waals surface area contributed by atoms with Gasteiger partial charge in [0.25, 0.3) is 0 Å². The molecule has 0 aromatic carbocycles. The fraction of sp³-hybridized carbons (Fsp3) is 0.857. The second-order valence-electron chi connectivity index (χ2n) is 4.89. The van der Waals surface area contributed by atoms with Crippen LogP contribution in [0.25, 0.3) is 0 Å². The molecule has 5 nitrogen and oxygen atoms in total.